The number of rotatable bonds is 4. The highest BCUT2D eigenvalue weighted by atomic mass is 16.3. The van der Waals surface area contributed by atoms with Gasteiger partial charge in [0.15, 0.2) is 0 Å². The zero-order chi connectivity index (χ0) is 11.4. The number of nitrogens with two attached hydrogens (primary N) is 1. The molecule has 0 aliphatic carbocycles. The molecule has 0 aromatic carbocycles. The molecule has 0 fully saturated rings. The predicted molar refractivity (Wildman–Crippen MR) is 56.8 cm³/mol. The number of carbonyl (C=O) groups is 1. The van der Waals surface area contributed by atoms with Crippen molar-refractivity contribution in [1.82, 2.24) is 5.32 Å². The van der Waals surface area contributed by atoms with Crippen LogP contribution in [0.1, 0.15) is 40.5 Å². The molecule has 4 nitrogen and oxygen atoms in total. The van der Waals surface area contributed by atoms with E-state index in [4.69, 9.17) is 5.73 Å². The lowest BCUT2D eigenvalue weighted by atomic mass is 10.0. The second-order valence-electron chi connectivity index (χ2n) is 4.64. The minimum atomic E-state index is -1.10. The third kappa shape index (κ3) is 5.19. The Morgan fingerprint density at radius 1 is 1.50 bits per heavy atom. The number of aliphatic hydroxyl groups is 1. The molecule has 0 aliphatic rings. The summed E-state index contributed by atoms with van der Waals surface area (Å²) in [5.74, 6) is -0.390. The Morgan fingerprint density at radius 2 is 2.00 bits per heavy atom. The largest absolute Gasteiger partial charge is 0.382 e. The molecule has 14 heavy (non-hydrogen) atoms. The maximum atomic E-state index is 11.4. The molecule has 0 bridgehead atoms. The van der Waals surface area contributed by atoms with Crippen molar-refractivity contribution in [3.05, 3.63) is 0 Å². The minimum Gasteiger partial charge on any atom is -0.382 e. The quantitative estimate of drug-likeness (QED) is 0.617. The van der Waals surface area contributed by atoms with Crippen molar-refractivity contribution in [1.29, 1.82) is 0 Å². The Morgan fingerprint density at radius 3 is 2.36 bits per heavy atom. The SMILES string of the molecule is CCCC(N)C(O)C(=O)NC(C)(C)C. The number of hydrogen-bond donors (Lipinski definition) is 3. The van der Waals surface area contributed by atoms with Gasteiger partial charge in [0.1, 0.15) is 6.10 Å². The molecule has 0 saturated heterocycles. The Hall–Kier alpha value is -0.610. The Kier molecular flexibility index (Phi) is 5.08. The van der Waals surface area contributed by atoms with Crippen LogP contribution in [0, 0.1) is 0 Å². The van der Waals surface area contributed by atoms with Gasteiger partial charge in [0, 0.05) is 11.6 Å². The van der Waals surface area contributed by atoms with Crippen LogP contribution in [0.2, 0.25) is 0 Å². The molecule has 0 aliphatic heterocycles. The molecule has 84 valence electrons. The van der Waals surface area contributed by atoms with Gasteiger partial charge in [-0.1, -0.05) is 13.3 Å². The van der Waals surface area contributed by atoms with Gasteiger partial charge in [-0.3, -0.25) is 4.79 Å². The lowest BCUT2D eigenvalue weighted by Crippen LogP contribution is -2.51. The first-order valence-corrected chi connectivity index (χ1v) is 5.03. The summed E-state index contributed by atoms with van der Waals surface area (Å²) in [7, 11) is 0. The first-order valence-electron chi connectivity index (χ1n) is 5.03. The number of hydrogen-bond acceptors (Lipinski definition) is 3. The molecule has 4 heteroatoms. The zero-order valence-electron chi connectivity index (χ0n) is 9.50. The van der Waals surface area contributed by atoms with Gasteiger partial charge < -0.3 is 16.2 Å². The Bertz CT molecular complexity index is 187. The molecule has 0 aromatic rings. The number of nitrogens with one attached hydrogen (secondary N) is 1. The van der Waals surface area contributed by atoms with Crippen molar-refractivity contribution >= 4 is 5.91 Å². The highest BCUT2D eigenvalue weighted by Gasteiger charge is 2.25. The fourth-order valence-electron chi connectivity index (χ4n) is 1.13. The van der Waals surface area contributed by atoms with Crippen LogP contribution in [0.3, 0.4) is 0 Å². The van der Waals surface area contributed by atoms with Crippen LogP contribution in [0.4, 0.5) is 0 Å². The fraction of sp³-hybridized carbons (Fsp3) is 0.900. The van der Waals surface area contributed by atoms with Crippen LogP contribution in [-0.2, 0) is 4.79 Å². The monoisotopic (exact) mass is 202 g/mol. The van der Waals surface area contributed by atoms with Crippen molar-refractivity contribution in [2.24, 2.45) is 5.73 Å². The summed E-state index contributed by atoms with van der Waals surface area (Å²) < 4.78 is 0. The van der Waals surface area contributed by atoms with E-state index in [1.54, 1.807) is 0 Å². The van der Waals surface area contributed by atoms with Crippen molar-refractivity contribution in [2.45, 2.75) is 58.2 Å². The molecule has 4 N–H and O–H groups in total. The summed E-state index contributed by atoms with van der Waals surface area (Å²) in [5, 5.41) is 12.2. The van der Waals surface area contributed by atoms with Crippen molar-refractivity contribution < 1.29 is 9.90 Å². The third-order valence-corrected chi connectivity index (χ3v) is 1.79. The molecule has 0 aromatic heterocycles. The molecule has 2 unspecified atom stereocenters. The maximum Gasteiger partial charge on any atom is 0.250 e. The summed E-state index contributed by atoms with van der Waals surface area (Å²) in [6.07, 6.45) is 0.411. The van der Waals surface area contributed by atoms with Crippen molar-refractivity contribution in [3.8, 4) is 0 Å². The van der Waals surface area contributed by atoms with E-state index < -0.39 is 18.1 Å². The van der Waals surface area contributed by atoms with E-state index in [2.05, 4.69) is 5.32 Å². The second-order valence-corrected chi connectivity index (χ2v) is 4.64. The van der Waals surface area contributed by atoms with E-state index in [1.807, 2.05) is 27.7 Å². The molecule has 0 saturated carbocycles. The van der Waals surface area contributed by atoms with Gasteiger partial charge in [0.05, 0.1) is 0 Å². The van der Waals surface area contributed by atoms with Crippen molar-refractivity contribution in [3.63, 3.8) is 0 Å². The van der Waals surface area contributed by atoms with Gasteiger partial charge in [-0.25, -0.2) is 0 Å². The lowest BCUT2D eigenvalue weighted by Gasteiger charge is -2.25. The van der Waals surface area contributed by atoms with Gasteiger partial charge in [0.25, 0.3) is 5.91 Å². The van der Waals surface area contributed by atoms with E-state index in [-0.39, 0.29) is 5.54 Å². The van der Waals surface area contributed by atoms with E-state index in [1.165, 1.54) is 0 Å². The molecular weight excluding hydrogens is 180 g/mol. The number of aliphatic hydroxyl groups excluding tert-OH is 1. The standard InChI is InChI=1S/C10H22N2O2/c1-5-6-7(11)8(13)9(14)12-10(2,3)4/h7-8,13H,5-6,11H2,1-4H3,(H,12,14). The summed E-state index contributed by atoms with van der Waals surface area (Å²) in [6, 6.07) is -0.470. The molecule has 0 rings (SSSR count). The van der Waals surface area contributed by atoms with Crippen LogP contribution in [-0.4, -0.2) is 28.7 Å². The van der Waals surface area contributed by atoms with Crippen LogP contribution in [0.25, 0.3) is 0 Å². The Balaban J connectivity index is 4.12. The van der Waals surface area contributed by atoms with Gasteiger partial charge in [-0.2, -0.15) is 0 Å². The average molecular weight is 202 g/mol. The Labute approximate surface area is 85.9 Å². The first-order chi connectivity index (χ1) is 6.28. The van der Waals surface area contributed by atoms with Crippen LogP contribution < -0.4 is 11.1 Å². The average Bonchev–Trinajstić information content (AvgIpc) is 2.00. The highest BCUT2D eigenvalue weighted by Crippen LogP contribution is 2.03. The summed E-state index contributed by atoms with van der Waals surface area (Å²) in [6.45, 7) is 7.56. The predicted octanol–water partition coefficient (Wildman–Crippen LogP) is 0.389. The van der Waals surface area contributed by atoms with Crippen LogP contribution in [0.15, 0.2) is 0 Å². The molecule has 2 atom stereocenters. The van der Waals surface area contributed by atoms with E-state index in [0.717, 1.165) is 6.42 Å². The van der Waals surface area contributed by atoms with E-state index in [9.17, 15) is 9.90 Å². The van der Waals surface area contributed by atoms with Crippen LogP contribution in [0.5, 0.6) is 0 Å². The normalized spacial score (nSPS) is 16.1. The van der Waals surface area contributed by atoms with Gasteiger partial charge >= 0.3 is 0 Å². The minimum absolute atomic E-state index is 0.329. The highest BCUT2D eigenvalue weighted by molar-refractivity contribution is 5.81. The van der Waals surface area contributed by atoms with E-state index >= 15 is 0 Å². The molecule has 0 radical (unpaired) electrons. The topological polar surface area (TPSA) is 75.3 Å². The molecule has 0 spiro atoms. The number of carbonyl (C=O) groups excluding carboxylic acids is 1. The fourth-order valence-corrected chi connectivity index (χ4v) is 1.13. The van der Waals surface area contributed by atoms with Crippen molar-refractivity contribution in [2.75, 3.05) is 0 Å². The van der Waals surface area contributed by atoms with Gasteiger partial charge in [-0.05, 0) is 27.2 Å². The first kappa shape index (κ1) is 13.4. The molecule has 0 heterocycles. The zero-order valence-corrected chi connectivity index (χ0v) is 9.50. The van der Waals surface area contributed by atoms with Crippen LogP contribution >= 0.6 is 0 Å². The summed E-state index contributed by atoms with van der Waals surface area (Å²) >= 11 is 0. The molecule has 1 amide bonds. The lowest BCUT2D eigenvalue weighted by molar-refractivity contribution is -0.131. The maximum absolute atomic E-state index is 11.4. The summed E-state index contributed by atoms with van der Waals surface area (Å²) in [4.78, 5) is 11.4. The smallest absolute Gasteiger partial charge is 0.250 e. The van der Waals surface area contributed by atoms with Gasteiger partial charge in [-0.15, -0.1) is 0 Å². The van der Waals surface area contributed by atoms with E-state index in [0.29, 0.717) is 6.42 Å². The summed E-state index contributed by atoms with van der Waals surface area (Å²) in [5.41, 5.74) is 5.31. The third-order valence-electron chi connectivity index (χ3n) is 1.79. The molecular formula is C10H22N2O2. The second kappa shape index (κ2) is 5.32. The van der Waals surface area contributed by atoms with Gasteiger partial charge in [0.2, 0.25) is 0 Å². The number of amides is 1.